The van der Waals surface area contributed by atoms with E-state index >= 15 is 0 Å². The summed E-state index contributed by atoms with van der Waals surface area (Å²) in [6.07, 6.45) is 5.21. The lowest BCUT2D eigenvalue weighted by Crippen LogP contribution is -2.26. The molecule has 1 amide bonds. The fraction of sp³-hybridized carbons (Fsp3) is 0.417. The Morgan fingerprint density at radius 2 is 2.00 bits per heavy atom. The molecule has 0 spiro atoms. The Hall–Kier alpha value is -3.20. The van der Waals surface area contributed by atoms with E-state index in [-0.39, 0.29) is 23.1 Å². The van der Waals surface area contributed by atoms with Gasteiger partial charge in [-0.2, -0.15) is 8.78 Å². The van der Waals surface area contributed by atoms with Gasteiger partial charge in [0.1, 0.15) is 22.7 Å². The number of ether oxygens (including phenoxy) is 3. The van der Waals surface area contributed by atoms with Crippen LogP contribution in [0.3, 0.4) is 0 Å². The molecule has 2 heterocycles. The minimum atomic E-state index is -3.09. The summed E-state index contributed by atoms with van der Waals surface area (Å²) in [6.45, 7) is 3.38. The van der Waals surface area contributed by atoms with Crippen LogP contribution in [0.1, 0.15) is 49.5 Å². The van der Waals surface area contributed by atoms with Crippen molar-refractivity contribution in [3.8, 4) is 22.8 Å². The fourth-order valence-corrected chi connectivity index (χ4v) is 3.81. The summed E-state index contributed by atoms with van der Waals surface area (Å²) in [7, 11) is 1.38. The molecular weight excluding hydrogens is 432 g/mol. The molecule has 0 atom stereocenters. The first-order valence-electron chi connectivity index (χ1n) is 10.8. The zero-order valence-corrected chi connectivity index (χ0v) is 19.0. The molecule has 9 heteroatoms. The number of carbonyl (C=O) groups excluding carboxylic acids is 1. The van der Waals surface area contributed by atoms with Crippen LogP contribution in [-0.4, -0.2) is 41.7 Å². The summed E-state index contributed by atoms with van der Waals surface area (Å²) in [5.41, 5.74) is 2.25. The third-order valence-electron chi connectivity index (χ3n) is 5.65. The van der Waals surface area contributed by atoms with E-state index in [2.05, 4.69) is 10.3 Å². The van der Waals surface area contributed by atoms with Crippen LogP contribution in [0.2, 0.25) is 0 Å². The smallest absolute Gasteiger partial charge is 0.387 e. The van der Waals surface area contributed by atoms with Crippen LogP contribution in [-0.2, 0) is 10.3 Å². The third-order valence-corrected chi connectivity index (χ3v) is 5.65. The maximum absolute atomic E-state index is 13.2. The lowest BCUT2D eigenvalue weighted by Gasteiger charge is -2.25. The van der Waals surface area contributed by atoms with Crippen molar-refractivity contribution in [3.63, 3.8) is 0 Å². The highest BCUT2D eigenvalue weighted by Gasteiger charge is 2.29. The highest BCUT2D eigenvalue weighted by molar-refractivity contribution is 6.01. The van der Waals surface area contributed by atoms with Gasteiger partial charge in [-0.15, -0.1) is 0 Å². The standard InChI is InChI=1S/C24H27F2N3O4/c1-5-32-24(2,3)15-8-9-29-17(13-27-20(29)12-15)14-10-18(31-4)21(19(11-14)33-23(25)26)22(30)28-16-6-7-16/h8-13,16,23H,5-7H2,1-4H3,(H,28,30). The summed E-state index contributed by atoms with van der Waals surface area (Å²) >= 11 is 0. The Bertz CT molecular complexity index is 1170. The van der Waals surface area contributed by atoms with E-state index in [0.29, 0.717) is 23.5 Å². The zero-order chi connectivity index (χ0) is 23.8. The maximum Gasteiger partial charge on any atom is 0.387 e. The van der Waals surface area contributed by atoms with E-state index in [0.717, 1.165) is 18.4 Å². The van der Waals surface area contributed by atoms with Crippen molar-refractivity contribution in [1.29, 1.82) is 0 Å². The molecule has 0 aliphatic heterocycles. The number of methoxy groups -OCH3 is 1. The van der Waals surface area contributed by atoms with Crippen LogP contribution in [0.25, 0.3) is 16.9 Å². The van der Waals surface area contributed by atoms with Crippen molar-refractivity contribution in [2.45, 2.75) is 51.9 Å². The molecule has 1 saturated carbocycles. The molecule has 0 radical (unpaired) electrons. The Morgan fingerprint density at radius 1 is 1.27 bits per heavy atom. The molecule has 1 fully saturated rings. The largest absolute Gasteiger partial charge is 0.496 e. The van der Waals surface area contributed by atoms with E-state index in [1.54, 1.807) is 12.3 Å². The van der Waals surface area contributed by atoms with Crippen LogP contribution in [0.4, 0.5) is 8.78 Å². The number of halogens is 2. The molecule has 1 aliphatic rings. The van der Waals surface area contributed by atoms with Gasteiger partial charge in [-0.25, -0.2) is 4.98 Å². The molecule has 4 rings (SSSR count). The summed E-state index contributed by atoms with van der Waals surface area (Å²) in [5, 5.41) is 2.80. The van der Waals surface area contributed by atoms with Crippen molar-refractivity contribution in [2.24, 2.45) is 0 Å². The number of rotatable bonds is 9. The topological polar surface area (TPSA) is 74.1 Å². The molecule has 0 unspecified atom stereocenters. The van der Waals surface area contributed by atoms with Gasteiger partial charge in [0.05, 0.1) is 24.6 Å². The highest BCUT2D eigenvalue weighted by Crippen LogP contribution is 2.37. The van der Waals surface area contributed by atoms with Crippen molar-refractivity contribution in [2.75, 3.05) is 13.7 Å². The Labute approximate surface area is 190 Å². The van der Waals surface area contributed by atoms with Gasteiger partial charge in [0.2, 0.25) is 0 Å². The number of imidazole rings is 1. The third kappa shape index (κ3) is 4.78. The number of fused-ring (bicyclic) bond motifs is 1. The van der Waals surface area contributed by atoms with Gasteiger partial charge in [0.15, 0.2) is 0 Å². The van der Waals surface area contributed by atoms with Crippen LogP contribution in [0.5, 0.6) is 11.5 Å². The second-order valence-corrected chi connectivity index (χ2v) is 8.41. The average molecular weight is 459 g/mol. The van der Waals surface area contributed by atoms with E-state index < -0.39 is 18.1 Å². The van der Waals surface area contributed by atoms with Crippen LogP contribution >= 0.6 is 0 Å². The molecule has 0 saturated heterocycles. The number of alkyl halides is 2. The Balaban J connectivity index is 1.78. The minimum Gasteiger partial charge on any atom is -0.496 e. The van der Waals surface area contributed by atoms with E-state index in [4.69, 9.17) is 14.2 Å². The van der Waals surface area contributed by atoms with Gasteiger partial charge in [0.25, 0.3) is 5.91 Å². The van der Waals surface area contributed by atoms with Gasteiger partial charge >= 0.3 is 6.61 Å². The predicted octanol–water partition coefficient (Wildman–Crippen LogP) is 4.78. The molecule has 0 bridgehead atoms. The number of amides is 1. The monoisotopic (exact) mass is 459 g/mol. The second kappa shape index (κ2) is 8.97. The molecule has 2 aromatic heterocycles. The summed E-state index contributed by atoms with van der Waals surface area (Å²) in [6, 6.07) is 6.94. The van der Waals surface area contributed by atoms with E-state index in [1.165, 1.54) is 13.2 Å². The second-order valence-electron chi connectivity index (χ2n) is 8.41. The fourth-order valence-electron chi connectivity index (χ4n) is 3.81. The van der Waals surface area contributed by atoms with Crippen molar-refractivity contribution in [1.82, 2.24) is 14.7 Å². The van der Waals surface area contributed by atoms with Gasteiger partial charge in [-0.05, 0) is 63.4 Å². The lowest BCUT2D eigenvalue weighted by atomic mass is 9.99. The van der Waals surface area contributed by atoms with E-state index in [1.807, 2.05) is 43.5 Å². The van der Waals surface area contributed by atoms with Gasteiger partial charge in [0, 0.05) is 24.4 Å². The molecule has 1 N–H and O–H groups in total. The number of nitrogens with zero attached hydrogens (tertiary/aromatic N) is 2. The molecular formula is C24H27F2N3O4. The lowest BCUT2D eigenvalue weighted by molar-refractivity contribution is -0.0502. The van der Waals surface area contributed by atoms with Crippen molar-refractivity contribution >= 4 is 11.6 Å². The number of hydrogen-bond acceptors (Lipinski definition) is 5. The highest BCUT2D eigenvalue weighted by atomic mass is 19.3. The quantitative estimate of drug-likeness (QED) is 0.499. The summed E-state index contributed by atoms with van der Waals surface area (Å²) in [5.74, 6) is -0.607. The molecule has 1 aliphatic carbocycles. The predicted molar refractivity (Wildman–Crippen MR) is 119 cm³/mol. The summed E-state index contributed by atoms with van der Waals surface area (Å²) in [4.78, 5) is 17.2. The number of hydrogen-bond donors (Lipinski definition) is 1. The number of aromatic nitrogens is 2. The maximum atomic E-state index is 13.2. The first-order chi connectivity index (χ1) is 15.7. The Morgan fingerprint density at radius 3 is 2.64 bits per heavy atom. The Kier molecular flexibility index (Phi) is 6.25. The van der Waals surface area contributed by atoms with Crippen LogP contribution < -0.4 is 14.8 Å². The number of carbonyl (C=O) groups is 1. The number of nitrogens with one attached hydrogen (secondary N) is 1. The van der Waals surface area contributed by atoms with Crippen molar-refractivity contribution < 1.29 is 27.8 Å². The summed E-state index contributed by atoms with van der Waals surface area (Å²) < 4.78 is 44.2. The van der Waals surface area contributed by atoms with E-state index in [9.17, 15) is 13.6 Å². The van der Waals surface area contributed by atoms with Crippen LogP contribution in [0.15, 0.2) is 36.7 Å². The number of benzene rings is 1. The average Bonchev–Trinajstić information content (AvgIpc) is 3.47. The van der Waals surface area contributed by atoms with Crippen LogP contribution in [0, 0.1) is 0 Å². The number of pyridine rings is 1. The normalized spacial score (nSPS) is 14.0. The van der Waals surface area contributed by atoms with Gasteiger partial charge < -0.3 is 19.5 Å². The van der Waals surface area contributed by atoms with Crippen molar-refractivity contribution in [3.05, 3.63) is 47.8 Å². The SMILES string of the molecule is CCOC(C)(C)c1ccn2c(-c3cc(OC)c(C(=O)NC4CC4)c(OC(F)F)c3)cnc2c1. The van der Waals surface area contributed by atoms with Gasteiger partial charge in [-0.3, -0.25) is 9.20 Å². The molecule has 3 aromatic rings. The molecule has 176 valence electrons. The minimum absolute atomic E-state index is 0.0511. The molecule has 33 heavy (non-hydrogen) atoms. The molecule has 1 aromatic carbocycles. The zero-order valence-electron chi connectivity index (χ0n) is 19.0. The first-order valence-corrected chi connectivity index (χ1v) is 10.8. The van der Waals surface area contributed by atoms with Gasteiger partial charge in [-0.1, -0.05) is 0 Å². The first kappa shape index (κ1) is 23.0. The molecule has 7 nitrogen and oxygen atoms in total.